The monoisotopic (exact) mass is 910 g/mol. The van der Waals surface area contributed by atoms with E-state index in [9.17, 15) is 0 Å². The van der Waals surface area contributed by atoms with Crippen LogP contribution in [0.15, 0.2) is 36.0 Å². The lowest BCUT2D eigenvalue weighted by atomic mass is 10.2. The van der Waals surface area contributed by atoms with Gasteiger partial charge in [0.15, 0.2) is 0 Å². The van der Waals surface area contributed by atoms with Gasteiger partial charge in [0.1, 0.15) is 0 Å². The van der Waals surface area contributed by atoms with Crippen LogP contribution >= 0.6 is 0 Å². The summed E-state index contributed by atoms with van der Waals surface area (Å²) in [6.07, 6.45) is 2.29. The van der Waals surface area contributed by atoms with Crippen LogP contribution < -0.4 is 0 Å². The van der Waals surface area contributed by atoms with Crippen LogP contribution in [-0.2, 0) is 32.9 Å². The lowest BCUT2D eigenvalue weighted by Gasteiger charge is -2.66. The van der Waals surface area contributed by atoms with Crippen LogP contribution in [0.1, 0.15) is 102 Å². The van der Waals surface area contributed by atoms with Crippen LogP contribution in [0.5, 0.6) is 0 Å². The molecule has 0 spiro atoms. The zero-order chi connectivity index (χ0) is 41.0. The van der Waals surface area contributed by atoms with Crippen molar-refractivity contribution in [2.24, 2.45) is 41.4 Å². The van der Waals surface area contributed by atoms with Crippen molar-refractivity contribution in [3.8, 4) is 0 Å². The molecule has 1 aromatic carbocycles. The van der Waals surface area contributed by atoms with Crippen LogP contribution in [0.25, 0.3) is 6.08 Å². The Hall–Kier alpha value is 0.375. The van der Waals surface area contributed by atoms with Crippen LogP contribution in [0.4, 0.5) is 0 Å². The van der Waals surface area contributed by atoms with Crippen molar-refractivity contribution in [1.82, 2.24) is 0 Å². The standard InChI is InChI=1S/C40H78O8Si8/c1-33(2)22-50-29-49(21-20-40-18-16-15-17-19-40)41-51(23-34(3)4)30-53(43-50,25-36(7)8)47-56(28-39(13)14)32-55(44-50,27-38(11)12)46-52(42-49,24-35(5)6)31-54(45-51,48-56)26-37(9)10/h15-21,33-39H,22-32H2,1-14H3/b21-20+. The first-order valence-corrected chi connectivity index (χ1v) is 40.0. The SMILES string of the molecule is CC(C)C[Si]12C[Si]3(CC(C)C)O[Si]4(CC(C)C)C[Si]5(CC(C)C)O[Si](CC(C)C)(C[Si](/C=C/c6ccccc6)(O1)O4)O[Si](CC(C)C)(C[Si](CC(C)C)(O3)O5)O2. The van der Waals surface area contributed by atoms with Crippen LogP contribution in [0.2, 0.25) is 65.0 Å². The highest BCUT2D eigenvalue weighted by Crippen LogP contribution is 2.59. The summed E-state index contributed by atoms with van der Waals surface area (Å²) in [6, 6.07) is 17.0. The van der Waals surface area contributed by atoms with Crippen molar-refractivity contribution in [1.29, 1.82) is 0 Å². The third-order valence-electron chi connectivity index (χ3n) is 11.4. The van der Waals surface area contributed by atoms with Gasteiger partial charge in [-0.25, -0.2) is 0 Å². The number of benzene rings is 1. The van der Waals surface area contributed by atoms with Gasteiger partial charge < -0.3 is 32.9 Å². The van der Waals surface area contributed by atoms with Crippen molar-refractivity contribution in [2.45, 2.75) is 162 Å². The predicted octanol–water partition coefficient (Wildman–Crippen LogP) is 11.7. The molecule has 6 aliphatic rings. The predicted molar refractivity (Wildman–Crippen MR) is 247 cm³/mol. The third-order valence-corrected chi connectivity index (χ3v) is 62.8. The molecule has 0 radical (unpaired) electrons. The summed E-state index contributed by atoms with van der Waals surface area (Å²) in [5.74, 6) is 2.66. The third kappa shape index (κ3) is 10.5. The summed E-state index contributed by atoms with van der Waals surface area (Å²) in [6.45, 7) is 32.9. The molecule has 6 aliphatic heterocycles. The highest BCUT2D eigenvalue weighted by molar-refractivity contribution is 7.14. The molecule has 6 heterocycles. The first kappa shape index (κ1) is 45.9. The van der Waals surface area contributed by atoms with E-state index < -0.39 is 68.5 Å². The molecule has 6 saturated heterocycles. The van der Waals surface area contributed by atoms with Crippen molar-refractivity contribution < 1.29 is 32.9 Å². The highest BCUT2D eigenvalue weighted by atomic mass is 28.6. The lowest BCUT2D eigenvalue weighted by Crippen LogP contribution is -2.85. The molecule has 0 amide bonds. The maximum atomic E-state index is 8.39. The Morgan fingerprint density at radius 1 is 0.375 bits per heavy atom. The van der Waals surface area contributed by atoms with Gasteiger partial charge in [0.05, 0.1) is 0 Å². The molecule has 56 heavy (non-hydrogen) atoms. The molecular formula is C40H78O8Si8. The molecule has 1 aromatic rings. The van der Waals surface area contributed by atoms with Gasteiger partial charge in [0.2, 0.25) is 0 Å². The number of rotatable bonds is 16. The van der Waals surface area contributed by atoms with Gasteiger partial charge >= 0.3 is 68.5 Å². The zero-order valence-electron chi connectivity index (χ0n) is 37.6. The molecule has 0 N–H and O–H groups in total. The van der Waals surface area contributed by atoms with Gasteiger partial charge in [-0.15, -0.1) is 0 Å². The summed E-state index contributed by atoms with van der Waals surface area (Å²) < 4.78 is 66.9. The lowest BCUT2D eigenvalue weighted by molar-refractivity contribution is 0.160. The van der Waals surface area contributed by atoms with E-state index >= 15 is 0 Å². The van der Waals surface area contributed by atoms with Crippen molar-refractivity contribution in [3.05, 3.63) is 41.6 Å². The molecule has 318 valence electrons. The summed E-state index contributed by atoms with van der Waals surface area (Å²) in [5, 5.41) is 0. The molecule has 0 aromatic heterocycles. The van der Waals surface area contributed by atoms with E-state index in [0.29, 0.717) is 41.4 Å². The van der Waals surface area contributed by atoms with Gasteiger partial charge in [-0.05, 0) is 95.0 Å². The second-order valence-corrected chi connectivity index (χ2v) is 51.4. The van der Waals surface area contributed by atoms with Crippen molar-refractivity contribution >= 4 is 74.6 Å². The average Bonchev–Trinajstić information content (AvgIpc) is 2.94. The minimum Gasteiger partial charge on any atom is -0.415 e. The minimum atomic E-state index is -3.35. The van der Waals surface area contributed by atoms with Crippen LogP contribution in [0, 0.1) is 41.4 Å². The average molecular weight is 912 g/mol. The van der Waals surface area contributed by atoms with Crippen molar-refractivity contribution in [3.63, 3.8) is 0 Å². The Kier molecular flexibility index (Phi) is 13.9. The molecule has 7 rings (SSSR count). The van der Waals surface area contributed by atoms with Gasteiger partial charge in [-0.1, -0.05) is 133 Å². The van der Waals surface area contributed by atoms with E-state index in [2.05, 4.69) is 139 Å². The molecule has 6 fully saturated rings. The van der Waals surface area contributed by atoms with E-state index in [0.717, 1.165) is 70.5 Å². The van der Waals surface area contributed by atoms with Gasteiger partial charge in [-0.2, -0.15) is 0 Å². The summed E-state index contributed by atoms with van der Waals surface area (Å²) >= 11 is 0. The molecular weight excluding hydrogens is 833 g/mol. The topological polar surface area (TPSA) is 73.8 Å². The van der Waals surface area contributed by atoms with Crippen molar-refractivity contribution in [2.75, 3.05) is 0 Å². The molecule has 8 nitrogen and oxygen atoms in total. The fraction of sp³-hybridized carbons (Fsp3) is 0.800. The van der Waals surface area contributed by atoms with E-state index in [4.69, 9.17) is 32.9 Å². The van der Waals surface area contributed by atoms with E-state index in [-0.39, 0.29) is 0 Å². The summed E-state index contributed by atoms with van der Waals surface area (Å²) in [4.78, 5) is 0. The Bertz CT molecular complexity index is 1380. The van der Waals surface area contributed by atoms with Gasteiger partial charge in [0, 0.05) is 22.7 Å². The Balaban J connectivity index is 1.77. The number of hydrogen-bond donors (Lipinski definition) is 0. The van der Waals surface area contributed by atoms with Gasteiger partial charge in [0.25, 0.3) is 0 Å². The second kappa shape index (κ2) is 16.9. The molecule has 8 bridgehead atoms. The minimum absolute atomic E-state index is 0.369. The maximum Gasteiger partial charge on any atom is 0.349 e. The normalized spacial score (nSPS) is 39.8. The Morgan fingerprint density at radius 2 is 0.625 bits per heavy atom. The fourth-order valence-corrected chi connectivity index (χ4v) is 83.8. The molecule has 8 unspecified atom stereocenters. The number of hydrogen-bond acceptors (Lipinski definition) is 8. The van der Waals surface area contributed by atoms with E-state index in [1.807, 2.05) is 0 Å². The zero-order valence-corrected chi connectivity index (χ0v) is 45.6. The van der Waals surface area contributed by atoms with Crippen LogP contribution in [0.3, 0.4) is 0 Å². The van der Waals surface area contributed by atoms with Gasteiger partial charge in [-0.3, -0.25) is 0 Å². The van der Waals surface area contributed by atoms with Crippen LogP contribution in [-0.4, -0.2) is 68.5 Å². The smallest absolute Gasteiger partial charge is 0.349 e. The first-order valence-electron chi connectivity index (χ1n) is 22.3. The highest BCUT2D eigenvalue weighted by Gasteiger charge is 2.78. The molecule has 16 heteroatoms. The maximum absolute atomic E-state index is 8.39. The molecule has 8 atom stereocenters. The first-order chi connectivity index (χ1) is 26.0. The second-order valence-electron chi connectivity index (χ2n) is 21.6. The Morgan fingerprint density at radius 3 is 0.893 bits per heavy atom. The molecule has 0 saturated carbocycles. The quantitative estimate of drug-likeness (QED) is 0.152. The molecule has 0 aliphatic carbocycles. The van der Waals surface area contributed by atoms with E-state index in [1.54, 1.807) is 0 Å². The van der Waals surface area contributed by atoms with E-state index in [1.165, 1.54) is 0 Å². The fourth-order valence-electron chi connectivity index (χ4n) is 11.4. The summed E-state index contributed by atoms with van der Waals surface area (Å²) in [5.41, 5.74) is 6.64. The summed E-state index contributed by atoms with van der Waals surface area (Å²) in [7, 11) is -25.3. The largest absolute Gasteiger partial charge is 0.415 e. The Labute approximate surface area is 350 Å².